The number of thiophene rings is 1. The predicted octanol–water partition coefficient (Wildman–Crippen LogP) is 7.30. The van der Waals surface area contributed by atoms with E-state index in [4.69, 9.17) is 9.73 Å². The van der Waals surface area contributed by atoms with Gasteiger partial charge in [0, 0.05) is 45.9 Å². The number of fused-ring (bicyclic) bond motifs is 4. The maximum Gasteiger partial charge on any atom is 0.308 e. The van der Waals surface area contributed by atoms with Gasteiger partial charge in [-0.3, -0.25) is 23.9 Å². The zero-order valence-electron chi connectivity index (χ0n) is 32.9. The van der Waals surface area contributed by atoms with Crippen molar-refractivity contribution < 1.29 is 27.1 Å². The topological polar surface area (TPSA) is 197 Å². The minimum absolute atomic E-state index is 0.0123. The van der Waals surface area contributed by atoms with Crippen molar-refractivity contribution in [3.05, 3.63) is 141 Å². The van der Waals surface area contributed by atoms with E-state index in [0.29, 0.717) is 56.2 Å². The van der Waals surface area contributed by atoms with E-state index in [1.807, 2.05) is 56.5 Å². The highest BCUT2D eigenvalue weighted by Crippen LogP contribution is 2.40. The van der Waals surface area contributed by atoms with Crippen LogP contribution in [0.15, 0.2) is 89.0 Å². The lowest BCUT2D eigenvalue weighted by Crippen LogP contribution is -2.25. The largest absolute Gasteiger partial charge is 0.469 e. The van der Waals surface area contributed by atoms with Crippen molar-refractivity contribution in [1.82, 2.24) is 30.0 Å². The summed E-state index contributed by atoms with van der Waals surface area (Å²) in [6.07, 6.45) is 2.93. The highest BCUT2D eigenvalue weighted by molar-refractivity contribution is 7.92. The molecule has 7 aromatic rings. The van der Waals surface area contributed by atoms with Crippen LogP contribution >= 0.6 is 11.3 Å². The number of nitriles is 1. The van der Waals surface area contributed by atoms with Gasteiger partial charge < -0.3 is 15.0 Å². The Morgan fingerprint density at radius 2 is 1.73 bits per heavy atom. The number of aromatic nitrogens is 5. The number of hydrogen-bond donors (Lipinski definition) is 3. The fraction of sp³-hybridized carbons (Fsp3) is 0.186. The number of amides is 1. The molecule has 60 heavy (non-hydrogen) atoms. The molecule has 0 saturated carbocycles. The quantitative estimate of drug-likeness (QED) is 0.118. The van der Waals surface area contributed by atoms with Gasteiger partial charge in [0.15, 0.2) is 17.3 Å². The van der Waals surface area contributed by atoms with Crippen LogP contribution in [0.1, 0.15) is 72.9 Å². The maximum atomic E-state index is 15.5. The van der Waals surface area contributed by atoms with E-state index >= 15 is 4.39 Å². The van der Waals surface area contributed by atoms with Crippen LogP contribution in [-0.2, 0) is 26.1 Å². The molecular weight excluding hydrogens is 806 g/mol. The second kappa shape index (κ2) is 15.6. The number of benzene rings is 3. The van der Waals surface area contributed by atoms with E-state index in [2.05, 4.69) is 36.3 Å². The van der Waals surface area contributed by atoms with Crippen molar-refractivity contribution in [1.29, 1.82) is 5.26 Å². The maximum absolute atomic E-state index is 15.5. The van der Waals surface area contributed by atoms with Crippen LogP contribution in [-0.4, -0.2) is 57.8 Å². The molecule has 0 unspecified atom stereocenters. The van der Waals surface area contributed by atoms with Crippen LogP contribution in [0.5, 0.6) is 0 Å². The molecule has 0 spiro atoms. The number of aromatic amines is 1. The Balaban J connectivity index is 0.964. The smallest absolute Gasteiger partial charge is 0.308 e. The molecule has 1 aliphatic rings. The Bertz CT molecular complexity index is 3050. The molecule has 14 nitrogen and oxygen atoms in total. The van der Waals surface area contributed by atoms with E-state index in [1.54, 1.807) is 35.6 Å². The molecule has 3 aromatic carbocycles. The lowest BCUT2D eigenvalue weighted by atomic mass is 9.97. The number of anilines is 1. The number of ether oxygens (including phenoxy) is 1. The fourth-order valence-corrected chi connectivity index (χ4v) is 9.48. The fourth-order valence-electron chi connectivity index (χ4n) is 7.20. The Kier molecular flexibility index (Phi) is 10.4. The van der Waals surface area contributed by atoms with E-state index in [1.165, 1.54) is 37.7 Å². The van der Waals surface area contributed by atoms with Crippen LogP contribution < -0.4 is 10.0 Å². The average molecular weight is 842 g/mol. The number of carbonyl (C=O) groups excluding carboxylic acids is 2. The van der Waals surface area contributed by atoms with Gasteiger partial charge >= 0.3 is 5.97 Å². The first-order chi connectivity index (χ1) is 28.8. The number of hydrogen-bond acceptors (Lipinski definition) is 11. The lowest BCUT2D eigenvalue weighted by Gasteiger charge is -2.12. The molecule has 8 rings (SSSR count). The molecule has 1 atom stereocenters. The first kappa shape index (κ1) is 39.8. The molecule has 0 saturated heterocycles. The summed E-state index contributed by atoms with van der Waals surface area (Å²) in [6.45, 7) is 7.76. The van der Waals surface area contributed by atoms with Crippen molar-refractivity contribution in [2.75, 3.05) is 11.8 Å². The number of sulfonamides is 1. The first-order valence-electron chi connectivity index (χ1n) is 18.6. The minimum Gasteiger partial charge on any atom is -0.469 e. The molecule has 0 radical (unpaired) electrons. The Hall–Kier alpha value is -7.03. The number of aliphatic imine (C=N–C) groups is 1. The number of aryl methyl sites for hydroxylation is 3. The zero-order valence-corrected chi connectivity index (χ0v) is 34.5. The van der Waals surface area contributed by atoms with Gasteiger partial charge in [0.1, 0.15) is 22.9 Å². The van der Waals surface area contributed by atoms with Crippen molar-refractivity contribution >= 4 is 55.5 Å². The lowest BCUT2D eigenvalue weighted by molar-refractivity contribution is -0.141. The number of esters is 1. The third-order valence-corrected chi connectivity index (χ3v) is 13.0. The Morgan fingerprint density at radius 1 is 1.00 bits per heavy atom. The summed E-state index contributed by atoms with van der Waals surface area (Å²) < 4.78 is 51.5. The van der Waals surface area contributed by atoms with Gasteiger partial charge in [-0.05, 0) is 74.2 Å². The molecule has 17 heteroatoms. The summed E-state index contributed by atoms with van der Waals surface area (Å²) in [7, 11) is -2.67. The van der Waals surface area contributed by atoms with Crippen LogP contribution in [0.4, 0.5) is 10.1 Å². The third kappa shape index (κ3) is 7.20. The summed E-state index contributed by atoms with van der Waals surface area (Å²) in [5.74, 6) is -0.769. The molecular formula is C43H36FN9O5S2. The van der Waals surface area contributed by atoms with E-state index in [9.17, 15) is 23.3 Å². The second-order valence-corrected chi connectivity index (χ2v) is 17.1. The summed E-state index contributed by atoms with van der Waals surface area (Å²) in [5.41, 5.74) is 6.73. The number of pyridine rings is 1. The Labute approximate surface area is 347 Å². The normalized spacial score (nSPS) is 13.5. The molecule has 0 bridgehead atoms. The number of nitrogens with zero attached hydrogens (tertiary/aromatic N) is 6. The molecule has 1 amide bonds. The number of methoxy groups -OCH3 is 1. The van der Waals surface area contributed by atoms with Gasteiger partial charge in [-0.2, -0.15) is 5.26 Å². The second-order valence-electron chi connectivity index (χ2n) is 14.2. The van der Waals surface area contributed by atoms with Gasteiger partial charge in [0.25, 0.3) is 15.9 Å². The summed E-state index contributed by atoms with van der Waals surface area (Å²) in [5, 5.41) is 22.3. The number of halogens is 1. The Morgan fingerprint density at radius 3 is 2.43 bits per heavy atom. The van der Waals surface area contributed by atoms with Gasteiger partial charge in [-0.1, -0.05) is 42.5 Å². The van der Waals surface area contributed by atoms with E-state index in [0.717, 1.165) is 32.1 Å². The van der Waals surface area contributed by atoms with Crippen molar-refractivity contribution in [2.24, 2.45) is 4.99 Å². The van der Waals surface area contributed by atoms with Crippen LogP contribution in [0.3, 0.4) is 0 Å². The van der Waals surface area contributed by atoms with Crippen LogP contribution in [0.25, 0.3) is 27.0 Å². The molecule has 1 aliphatic heterocycles. The van der Waals surface area contributed by atoms with E-state index < -0.39 is 39.5 Å². The van der Waals surface area contributed by atoms with Crippen LogP contribution in [0, 0.1) is 44.8 Å². The molecule has 4 aromatic heterocycles. The summed E-state index contributed by atoms with van der Waals surface area (Å²) in [6, 6.07) is 19.4. The van der Waals surface area contributed by atoms with Gasteiger partial charge in [-0.15, -0.1) is 21.5 Å². The van der Waals surface area contributed by atoms with Crippen molar-refractivity contribution in [2.45, 2.75) is 51.6 Å². The first-order valence-corrected chi connectivity index (χ1v) is 20.9. The number of carbonyl (C=O) groups is 2. The molecule has 3 N–H and O–H groups in total. The SMILES string of the molecule is COC(=O)C[C@@H]1N=C(c2ccc(-c3cnc(C(=O)NCc4ccc(S(=O)(=O)Nc5ccc(C)c6c(C#N)c[nH]c56)cc4)c(F)c3)cc2)c2c(sc(C)c2C)-n2c(C)nnc21. The molecule has 302 valence electrons. The third-order valence-electron chi connectivity index (χ3n) is 10.5. The van der Waals surface area contributed by atoms with Gasteiger partial charge in [0.2, 0.25) is 0 Å². The summed E-state index contributed by atoms with van der Waals surface area (Å²) in [4.78, 5) is 38.8. The highest BCUT2D eigenvalue weighted by Gasteiger charge is 2.33. The molecule has 0 fully saturated rings. The highest BCUT2D eigenvalue weighted by atomic mass is 32.2. The average Bonchev–Trinajstić information content (AvgIpc) is 3.92. The number of nitrogens with one attached hydrogen (secondary N) is 3. The molecule has 0 aliphatic carbocycles. The van der Waals surface area contributed by atoms with Gasteiger partial charge in [0.05, 0.1) is 40.9 Å². The van der Waals surface area contributed by atoms with Crippen molar-refractivity contribution in [3.63, 3.8) is 0 Å². The van der Waals surface area contributed by atoms with Gasteiger partial charge in [-0.25, -0.2) is 17.8 Å². The standard InChI is InChI=1S/C43H36FN9O5S2/c1-22-6-15-33(40-36(22)30(18-45)21-47-40)52-60(56,57)31-13-7-26(8-14-31)19-48-42(55)39-32(44)16-29(20-46-39)27-9-11-28(12-10-27)38-37-23(2)24(3)59-43(37)53-25(4)50-51-41(53)34(49-38)17-35(54)58-5/h6-16,20-21,34,47,52H,17,19H2,1-5H3,(H,48,55)/t34-/m0/s1. The number of H-pyrrole nitrogens is 1. The monoisotopic (exact) mass is 841 g/mol. The minimum atomic E-state index is -4.00. The van der Waals surface area contributed by atoms with E-state index in [-0.39, 0.29) is 17.9 Å². The summed E-state index contributed by atoms with van der Waals surface area (Å²) >= 11 is 1.60. The number of rotatable bonds is 10. The zero-order chi connectivity index (χ0) is 42.5. The predicted molar refractivity (Wildman–Crippen MR) is 224 cm³/mol. The molecule has 5 heterocycles. The van der Waals surface area contributed by atoms with Crippen LogP contribution in [0.2, 0.25) is 0 Å². The van der Waals surface area contributed by atoms with Crippen molar-refractivity contribution in [3.8, 4) is 22.2 Å².